The molecule has 2 atom stereocenters. The second-order valence-corrected chi connectivity index (χ2v) is 7.05. The molecule has 0 radical (unpaired) electrons. The Morgan fingerprint density at radius 3 is 2.36 bits per heavy atom. The first-order chi connectivity index (χ1) is 13.2. The summed E-state index contributed by atoms with van der Waals surface area (Å²) < 4.78 is 17.9. The molecule has 0 aliphatic heterocycles. The van der Waals surface area contributed by atoms with Crippen molar-refractivity contribution in [1.29, 1.82) is 0 Å². The van der Waals surface area contributed by atoms with Crippen molar-refractivity contribution in [3.63, 3.8) is 0 Å². The molecule has 0 aliphatic rings. The van der Waals surface area contributed by atoms with Gasteiger partial charge in [0.1, 0.15) is 11.6 Å². The molecular weight excluding hydrogens is 367 g/mol. The largest absolute Gasteiger partial charge is 0.481 e. The molecule has 8 heteroatoms. The maximum absolute atomic E-state index is 13.0. The van der Waals surface area contributed by atoms with Crippen molar-refractivity contribution in [2.75, 3.05) is 0 Å². The van der Waals surface area contributed by atoms with Crippen LogP contribution in [0, 0.1) is 24.6 Å². The molecule has 0 fully saturated rings. The van der Waals surface area contributed by atoms with Gasteiger partial charge in [-0.05, 0) is 37.0 Å². The van der Waals surface area contributed by atoms with Crippen LogP contribution in [0.5, 0.6) is 0 Å². The summed E-state index contributed by atoms with van der Waals surface area (Å²) in [5, 5.41) is 15.7. The third-order valence-electron chi connectivity index (χ3n) is 4.35. The molecule has 0 aliphatic carbocycles. The number of carboxylic acids is 1. The summed E-state index contributed by atoms with van der Waals surface area (Å²) in [6.45, 7) is 5.15. The summed E-state index contributed by atoms with van der Waals surface area (Å²) in [5.41, 5.74) is 0.668. The van der Waals surface area contributed by atoms with Crippen molar-refractivity contribution in [2.24, 2.45) is 11.8 Å². The molecule has 0 spiro atoms. The standard InChI is InChI=1S/C20H23FN2O5/c1-11(2)18(22-19(25)16-8-12(3)28-23-16)17(24)10-14(20(26)27)9-13-4-6-15(21)7-5-13/h4-8,11,14,18H,9-10H2,1-3H3,(H,22,25)(H,26,27)/t14-,18-/m1/s1. The molecular formula is C20H23FN2O5. The van der Waals surface area contributed by atoms with Gasteiger partial charge in [-0.15, -0.1) is 0 Å². The number of carboxylic acid groups (broad SMARTS) is 1. The van der Waals surface area contributed by atoms with E-state index in [1.165, 1.54) is 30.3 Å². The van der Waals surface area contributed by atoms with Gasteiger partial charge in [0, 0.05) is 12.5 Å². The van der Waals surface area contributed by atoms with Crippen molar-refractivity contribution in [3.05, 3.63) is 53.2 Å². The Labute approximate surface area is 161 Å². The molecule has 0 saturated heterocycles. The minimum Gasteiger partial charge on any atom is -0.481 e. The van der Waals surface area contributed by atoms with Gasteiger partial charge in [-0.25, -0.2) is 4.39 Å². The number of hydrogen-bond donors (Lipinski definition) is 2. The second kappa shape index (κ2) is 9.25. The Kier molecular flexibility index (Phi) is 7.03. The van der Waals surface area contributed by atoms with Crippen LogP contribution in [-0.4, -0.2) is 34.0 Å². The number of carbonyl (C=O) groups is 3. The molecule has 1 amide bonds. The number of benzene rings is 1. The second-order valence-electron chi connectivity index (χ2n) is 7.05. The van der Waals surface area contributed by atoms with E-state index in [1.807, 2.05) is 0 Å². The molecule has 0 saturated carbocycles. The number of Topliss-reactive ketones (excluding diaryl/α,β-unsaturated/α-hetero) is 1. The Hall–Kier alpha value is -3.03. The Morgan fingerprint density at radius 2 is 1.86 bits per heavy atom. The van der Waals surface area contributed by atoms with Gasteiger partial charge in [0.25, 0.3) is 5.91 Å². The van der Waals surface area contributed by atoms with E-state index in [-0.39, 0.29) is 24.5 Å². The highest BCUT2D eigenvalue weighted by Gasteiger charge is 2.30. The van der Waals surface area contributed by atoms with Gasteiger partial charge >= 0.3 is 5.97 Å². The summed E-state index contributed by atoms with van der Waals surface area (Å²) in [4.78, 5) is 36.6. The van der Waals surface area contributed by atoms with Crippen LogP contribution in [0.15, 0.2) is 34.9 Å². The number of carbonyl (C=O) groups excluding carboxylic acids is 2. The van der Waals surface area contributed by atoms with Gasteiger partial charge in [0.15, 0.2) is 11.5 Å². The Morgan fingerprint density at radius 1 is 1.21 bits per heavy atom. The SMILES string of the molecule is Cc1cc(C(=O)N[C@@H](C(=O)C[C@@H](Cc2ccc(F)cc2)C(=O)O)C(C)C)no1. The number of ketones is 1. The van der Waals surface area contributed by atoms with Crippen molar-refractivity contribution in [2.45, 2.75) is 39.7 Å². The minimum absolute atomic E-state index is 0.0528. The highest BCUT2D eigenvalue weighted by atomic mass is 19.1. The number of aryl methyl sites for hydroxylation is 1. The molecule has 0 unspecified atom stereocenters. The molecule has 28 heavy (non-hydrogen) atoms. The van der Waals surface area contributed by atoms with E-state index in [4.69, 9.17) is 4.52 Å². The molecule has 7 nitrogen and oxygen atoms in total. The highest BCUT2D eigenvalue weighted by Crippen LogP contribution is 2.17. The Bertz CT molecular complexity index is 845. The predicted molar refractivity (Wildman–Crippen MR) is 98.2 cm³/mol. The van der Waals surface area contributed by atoms with Crippen LogP contribution in [0.4, 0.5) is 4.39 Å². The van der Waals surface area contributed by atoms with Crippen LogP contribution in [-0.2, 0) is 16.0 Å². The van der Waals surface area contributed by atoms with Crippen LogP contribution in [0.1, 0.15) is 42.1 Å². The number of nitrogens with zero attached hydrogens (tertiary/aromatic N) is 1. The van der Waals surface area contributed by atoms with Crippen LogP contribution in [0.25, 0.3) is 0 Å². The number of halogens is 1. The van der Waals surface area contributed by atoms with Crippen molar-refractivity contribution in [1.82, 2.24) is 10.5 Å². The zero-order chi connectivity index (χ0) is 20.8. The zero-order valence-electron chi connectivity index (χ0n) is 15.9. The van der Waals surface area contributed by atoms with Crippen LogP contribution in [0.3, 0.4) is 0 Å². The van der Waals surface area contributed by atoms with Gasteiger partial charge in [-0.1, -0.05) is 31.1 Å². The van der Waals surface area contributed by atoms with E-state index in [2.05, 4.69) is 10.5 Å². The average molecular weight is 390 g/mol. The summed E-state index contributed by atoms with van der Waals surface area (Å²) in [7, 11) is 0. The lowest BCUT2D eigenvalue weighted by atomic mass is 9.89. The lowest BCUT2D eigenvalue weighted by molar-refractivity contribution is -0.144. The number of rotatable bonds is 9. The summed E-state index contributed by atoms with van der Waals surface area (Å²) in [6.07, 6.45) is -0.170. The fraction of sp³-hybridized carbons (Fsp3) is 0.400. The summed E-state index contributed by atoms with van der Waals surface area (Å²) in [6, 6.07) is 6.06. The summed E-state index contributed by atoms with van der Waals surface area (Å²) in [5.74, 6) is -3.26. The van der Waals surface area contributed by atoms with E-state index >= 15 is 0 Å². The predicted octanol–water partition coefficient (Wildman–Crippen LogP) is 2.78. The minimum atomic E-state index is -1.13. The normalized spacial score (nSPS) is 13.2. The first kappa shape index (κ1) is 21.3. The third kappa shape index (κ3) is 5.73. The molecule has 2 aromatic rings. The molecule has 1 heterocycles. The first-order valence-electron chi connectivity index (χ1n) is 8.91. The molecule has 2 rings (SSSR count). The van der Waals surface area contributed by atoms with Crippen molar-refractivity contribution >= 4 is 17.7 Å². The van der Waals surface area contributed by atoms with E-state index in [1.54, 1.807) is 20.8 Å². The van der Waals surface area contributed by atoms with E-state index in [9.17, 15) is 23.9 Å². The van der Waals surface area contributed by atoms with Crippen LogP contribution in [0.2, 0.25) is 0 Å². The van der Waals surface area contributed by atoms with Gasteiger partial charge in [-0.2, -0.15) is 0 Å². The highest BCUT2D eigenvalue weighted by molar-refractivity contribution is 5.97. The smallest absolute Gasteiger partial charge is 0.307 e. The number of hydrogen-bond acceptors (Lipinski definition) is 5. The molecule has 1 aromatic carbocycles. The number of aromatic nitrogens is 1. The Balaban J connectivity index is 2.08. The van der Waals surface area contributed by atoms with Gasteiger partial charge in [0.05, 0.1) is 12.0 Å². The zero-order valence-corrected chi connectivity index (χ0v) is 15.9. The average Bonchev–Trinajstić information content (AvgIpc) is 3.06. The first-order valence-corrected chi connectivity index (χ1v) is 8.91. The fourth-order valence-electron chi connectivity index (χ4n) is 2.83. The van der Waals surface area contributed by atoms with Crippen molar-refractivity contribution in [3.8, 4) is 0 Å². The number of nitrogens with one attached hydrogen (secondary N) is 1. The van der Waals surface area contributed by atoms with Crippen LogP contribution < -0.4 is 5.32 Å². The van der Waals surface area contributed by atoms with E-state index in [0.717, 1.165) is 0 Å². The topological polar surface area (TPSA) is 110 Å². The van der Waals surface area contributed by atoms with E-state index in [0.29, 0.717) is 11.3 Å². The lowest BCUT2D eigenvalue weighted by Gasteiger charge is -2.22. The number of aliphatic carboxylic acids is 1. The molecule has 0 bridgehead atoms. The summed E-state index contributed by atoms with van der Waals surface area (Å²) >= 11 is 0. The van der Waals surface area contributed by atoms with Crippen molar-refractivity contribution < 1.29 is 28.4 Å². The van der Waals surface area contributed by atoms with Gasteiger partial charge < -0.3 is 14.9 Å². The lowest BCUT2D eigenvalue weighted by Crippen LogP contribution is -2.45. The van der Waals surface area contributed by atoms with Gasteiger partial charge in [-0.3, -0.25) is 14.4 Å². The number of amides is 1. The maximum atomic E-state index is 13.0. The molecule has 2 N–H and O–H groups in total. The maximum Gasteiger partial charge on any atom is 0.307 e. The quantitative estimate of drug-likeness (QED) is 0.681. The monoisotopic (exact) mass is 390 g/mol. The van der Waals surface area contributed by atoms with E-state index < -0.39 is 35.4 Å². The van der Waals surface area contributed by atoms with Gasteiger partial charge in [0.2, 0.25) is 0 Å². The third-order valence-corrected chi connectivity index (χ3v) is 4.35. The molecule has 1 aromatic heterocycles. The molecule has 150 valence electrons. The van der Waals surface area contributed by atoms with Crippen LogP contribution >= 0.6 is 0 Å². The fourth-order valence-corrected chi connectivity index (χ4v) is 2.83.